The zero-order valence-electron chi connectivity index (χ0n) is 7.18. The van der Waals surface area contributed by atoms with Gasteiger partial charge >= 0.3 is 0 Å². The third kappa shape index (κ3) is 2.40. The predicted octanol–water partition coefficient (Wildman–Crippen LogP) is 1.99. The van der Waals surface area contributed by atoms with Gasteiger partial charge in [-0.25, -0.2) is 4.98 Å². The Morgan fingerprint density at radius 2 is 2.46 bits per heavy atom. The molecule has 0 aliphatic carbocycles. The van der Waals surface area contributed by atoms with E-state index in [-0.39, 0.29) is 6.04 Å². The molecular weight excluding hydrogens is 220 g/mol. The lowest BCUT2D eigenvalue weighted by Crippen LogP contribution is -2.28. The van der Waals surface area contributed by atoms with Crippen LogP contribution in [-0.4, -0.2) is 27.5 Å². The molecule has 1 fully saturated rings. The molecule has 0 spiro atoms. The van der Waals surface area contributed by atoms with Crippen LogP contribution in [0.2, 0.25) is 0 Å². The van der Waals surface area contributed by atoms with Gasteiger partial charge < -0.3 is 5.73 Å². The van der Waals surface area contributed by atoms with Crippen molar-refractivity contribution in [2.75, 3.05) is 17.3 Å². The fourth-order valence-corrected chi connectivity index (χ4v) is 4.68. The summed E-state index contributed by atoms with van der Waals surface area (Å²) in [6.45, 7) is 0. The molecule has 1 aliphatic heterocycles. The van der Waals surface area contributed by atoms with E-state index in [4.69, 9.17) is 5.73 Å². The molecule has 2 heterocycles. The van der Waals surface area contributed by atoms with Gasteiger partial charge in [0.2, 0.25) is 0 Å². The molecule has 0 radical (unpaired) electrons. The van der Waals surface area contributed by atoms with Crippen LogP contribution >= 0.6 is 34.9 Å². The molecule has 1 saturated heterocycles. The lowest BCUT2D eigenvalue weighted by molar-refractivity contribution is 0.700. The van der Waals surface area contributed by atoms with Crippen molar-refractivity contribution in [3.63, 3.8) is 0 Å². The molecule has 72 valence electrons. The summed E-state index contributed by atoms with van der Waals surface area (Å²) in [6, 6.07) is 0.129. The number of nitrogens with two attached hydrogens (primary N) is 1. The van der Waals surface area contributed by atoms with Gasteiger partial charge in [-0.1, -0.05) is 0 Å². The maximum absolute atomic E-state index is 6.12. The summed E-state index contributed by atoms with van der Waals surface area (Å²) in [7, 11) is 0. The van der Waals surface area contributed by atoms with Gasteiger partial charge in [0, 0.05) is 27.9 Å². The van der Waals surface area contributed by atoms with Crippen molar-refractivity contribution in [1.29, 1.82) is 0 Å². The molecule has 0 amide bonds. The SMILES string of the molecule is NC(c1cscn1)C1CSCCS1. The van der Waals surface area contributed by atoms with Crippen LogP contribution in [-0.2, 0) is 0 Å². The molecule has 2 nitrogen and oxygen atoms in total. The highest BCUT2D eigenvalue weighted by atomic mass is 32.2. The highest BCUT2D eigenvalue weighted by Crippen LogP contribution is 2.31. The number of thioether (sulfide) groups is 2. The standard InChI is InChI=1S/C8H12N2S3/c9-8(6-3-12-5-10-6)7-4-11-1-2-13-7/h3,5,7-8H,1-2,4,9H2. The Hall–Kier alpha value is 0.290. The van der Waals surface area contributed by atoms with Crippen LogP contribution in [0, 0.1) is 0 Å². The largest absolute Gasteiger partial charge is 0.322 e. The minimum Gasteiger partial charge on any atom is -0.322 e. The highest BCUT2D eigenvalue weighted by molar-refractivity contribution is 8.06. The Labute approximate surface area is 90.7 Å². The van der Waals surface area contributed by atoms with Gasteiger partial charge in [-0.05, 0) is 0 Å². The van der Waals surface area contributed by atoms with E-state index in [0.29, 0.717) is 5.25 Å². The van der Waals surface area contributed by atoms with E-state index in [1.54, 1.807) is 11.3 Å². The van der Waals surface area contributed by atoms with Gasteiger partial charge in [0.1, 0.15) is 0 Å². The first kappa shape index (κ1) is 9.83. The molecule has 0 saturated carbocycles. The van der Waals surface area contributed by atoms with Crippen molar-refractivity contribution < 1.29 is 0 Å². The molecule has 5 heteroatoms. The highest BCUT2D eigenvalue weighted by Gasteiger charge is 2.23. The van der Waals surface area contributed by atoms with Crippen molar-refractivity contribution in [3.05, 3.63) is 16.6 Å². The smallest absolute Gasteiger partial charge is 0.0795 e. The van der Waals surface area contributed by atoms with E-state index in [2.05, 4.69) is 10.4 Å². The maximum Gasteiger partial charge on any atom is 0.0795 e. The molecule has 13 heavy (non-hydrogen) atoms. The monoisotopic (exact) mass is 232 g/mol. The quantitative estimate of drug-likeness (QED) is 0.846. The Bertz CT molecular complexity index is 244. The Morgan fingerprint density at radius 3 is 3.08 bits per heavy atom. The summed E-state index contributed by atoms with van der Waals surface area (Å²) in [5.41, 5.74) is 9.04. The Balaban J connectivity index is 1.99. The summed E-state index contributed by atoms with van der Waals surface area (Å²) in [5.74, 6) is 3.67. The van der Waals surface area contributed by atoms with Crippen LogP contribution in [0.3, 0.4) is 0 Å². The molecular formula is C8H12N2S3. The second-order valence-electron chi connectivity index (χ2n) is 2.92. The normalized spacial score (nSPS) is 25.8. The topological polar surface area (TPSA) is 38.9 Å². The number of nitrogens with zero attached hydrogens (tertiary/aromatic N) is 1. The van der Waals surface area contributed by atoms with Crippen LogP contribution in [0.25, 0.3) is 0 Å². The summed E-state index contributed by atoms with van der Waals surface area (Å²) in [6.07, 6.45) is 0. The minimum atomic E-state index is 0.129. The third-order valence-electron chi connectivity index (χ3n) is 2.04. The number of thiazole rings is 1. The maximum atomic E-state index is 6.12. The van der Waals surface area contributed by atoms with Gasteiger partial charge in [0.05, 0.1) is 17.2 Å². The van der Waals surface area contributed by atoms with E-state index >= 15 is 0 Å². The van der Waals surface area contributed by atoms with Crippen molar-refractivity contribution in [2.45, 2.75) is 11.3 Å². The molecule has 0 bridgehead atoms. The molecule has 2 atom stereocenters. The zero-order chi connectivity index (χ0) is 9.10. The predicted molar refractivity (Wildman–Crippen MR) is 62.6 cm³/mol. The molecule has 1 aliphatic rings. The van der Waals surface area contributed by atoms with E-state index in [1.165, 1.54) is 17.3 Å². The average molecular weight is 232 g/mol. The van der Waals surface area contributed by atoms with Crippen LogP contribution < -0.4 is 5.73 Å². The second-order valence-corrected chi connectivity index (χ2v) is 6.14. The van der Waals surface area contributed by atoms with E-state index < -0.39 is 0 Å². The van der Waals surface area contributed by atoms with Crippen molar-refractivity contribution >= 4 is 34.9 Å². The van der Waals surface area contributed by atoms with Crippen LogP contribution in [0.15, 0.2) is 10.9 Å². The van der Waals surface area contributed by atoms with E-state index in [9.17, 15) is 0 Å². The van der Waals surface area contributed by atoms with Gasteiger partial charge in [0.15, 0.2) is 0 Å². The first-order chi connectivity index (χ1) is 6.38. The molecule has 2 rings (SSSR count). The average Bonchev–Trinajstić information content (AvgIpc) is 2.71. The van der Waals surface area contributed by atoms with Gasteiger partial charge in [0.25, 0.3) is 0 Å². The molecule has 1 aromatic heterocycles. The number of rotatable bonds is 2. The van der Waals surface area contributed by atoms with E-state index in [1.807, 2.05) is 29.0 Å². The molecule has 2 N–H and O–H groups in total. The molecule has 1 aromatic rings. The Kier molecular flexibility index (Phi) is 3.54. The number of hydrogen-bond donors (Lipinski definition) is 1. The Morgan fingerprint density at radius 1 is 1.54 bits per heavy atom. The van der Waals surface area contributed by atoms with Crippen molar-refractivity contribution in [1.82, 2.24) is 4.98 Å². The van der Waals surface area contributed by atoms with Crippen LogP contribution in [0.4, 0.5) is 0 Å². The fraction of sp³-hybridized carbons (Fsp3) is 0.625. The first-order valence-electron chi connectivity index (χ1n) is 4.21. The molecule has 2 unspecified atom stereocenters. The number of hydrogen-bond acceptors (Lipinski definition) is 5. The summed E-state index contributed by atoms with van der Waals surface area (Å²) >= 11 is 5.62. The van der Waals surface area contributed by atoms with Crippen molar-refractivity contribution in [3.8, 4) is 0 Å². The van der Waals surface area contributed by atoms with Gasteiger partial charge in [-0.2, -0.15) is 23.5 Å². The number of aromatic nitrogens is 1. The first-order valence-corrected chi connectivity index (χ1v) is 7.35. The fourth-order valence-electron chi connectivity index (χ4n) is 1.29. The summed E-state index contributed by atoms with van der Waals surface area (Å²) < 4.78 is 0. The summed E-state index contributed by atoms with van der Waals surface area (Å²) in [5, 5.41) is 2.62. The third-order valence-corrected chi connectivity index (χ3v) is 5.52. The van der Waals surface area contributed by atoms with Gasteiger partial charge in [-0.3, -0.25) is 0 Å². The second kappa shape index (κ2) is 4.68. The minimum absolute atomic E-state index is 0.129. The van der Waals surface area contributed by atoms with Gasteiger partial charge in [-0.15, -0.1) is 11.3 Å². The van der Waals surface area contributed by atoms with E-state index in [0.717, 1.165) is 5.69 Å². The lowest BCUT2D eigenvalue weighted by Gasteiger charge is -2.25. The van der Waals surface area contributed by atoms with Crippen molar-refractivity contribution in [2.24, 2.45) is 5.73 Å². The van der Waals surface area contributed by atoms with Crippen LogP contribution in [0.1, 0.15) is 11.7 Å². The zero-order valence-corrected chi connectivity index (χ0v) is 9.63. The lowest BCUT2D eigenvalue weighted by atomic mass is 10.2. The summed E-state index contributed by atoms with van der Waals surface area (Å²) in [4.78, 5) is 4.26. The molecule has 0 aromatic carbocycles. The van der Waals surface area contributed by atoms with Crippen LogP contribution in [0.5, 0.6) is 0 Å².